The Morgan fingerprint density at radius 1 is 0.971 bits per heavy atom. The highest BCUT2D eigenvalue weighted by atomic mass is 19.1. The lowest BCUT2D eigenvalue weighted by molar-refractivity contribution is 0.0692. The molecule has 1 heterocycles. The van der Waals surface area contributed by atoms with Crippen molar-refractivity contribution >= 4 is 11.7 Å². The zero-order chi connectivity index (χ0) is 24.9. The molecule has 1 unspecified atom stereocenters. The van der Waals surface area contributed by atoms with E-state index in [4.69, 9.17) is 5.11 Å². The lowest BCUT2D eigenvalue weighted by Crippen LogP contribution is -2.12. The molecule has 5 nitrogen and oxygen atoms in total. The van der Waals surface area contributed by atoms with Crippen molar-refractivity contribution in [2.75, 3.05) is 0 Å². The molecule has 0 amide bonds. The molecule has 1 atom stereocenters. The topological polar surface area (TPSA) is 82.8 Å². The summed E-state index contributed by atoms with van der Waals surface area (Å²) in [4.78, 5) is 15.3. The third-order valence-corrected chi connectivity index (χ3v) is 6.16. The van der Waals surface area contributed by atoms with Crippen molar-refractivity contribution in [3.8, 4) is 11.1 Å². The number of benzene rings is 3. The first kappa shape index (κ1) is 23.8. The van der Waals surface area contributed by atoms with Gasteiger partial charge in [-0.25, -0.2) is 9.18 Å². The van der Waals surface area contributed by atoms with Crippen LogP contribution in [0.2, 0.25) is 0 Å². The van der Waals surface area contributed by atoms with Crippen LogP contribution < -0.4 is 0 Å². The van der Waals surface area contributed by atoms with Crippen LogP contribution in [-0.4, -0.2) is 27.0 Å². The summed E-state index contributed by atoms with van der Waals surface area (Å²) in [6.45, 7) is 3.94. The second-order valence-corrected chi connectivity index (χ2v) is 8.47. The fourth-order valence-corrected chi connectivity index (χ4v) is 4.30. The Morgan fingerprint density at radius 2 is 1.69 bits per heavy atom. The van der Waals surface area contributed by atoms with Gasteiger partial charge < -0.3 is 10.3 Å². The maximum absolute atomic E-state index is 14.2. The minimum Gasteiger partial charge on any atom is -0.478 e. The van der Waals surface area contributed by atoms with Gasteiger partial charge in [0, 0.05) is 29.8 Å². The zero-order valence-electron chi connectivity index (χ0n) is 19.4. The van der Waals surface area contributed by atoms with Gasteiger partial charge in [-0.1, -0.05) is 59.8 Å². The molecular formula is C29H25FN2O3. The van der Waals surface area contributed by atoms with Crippen LogP contribution in [0, 0.1) is 19.7 Å². The second kappa shape index (κ2) is 10.3. The van der Waals surface area contributed by atoms with Crippen molar-refractivity contribution in [3.05, 3.63) is 124 Å². The van der Waals surface area contributed by atoms with Gasteiger partial charge >= 0.3 is 5.97 Å². The maximum atomic E-state index is 14.2. The molecule has 2 N–H and O–H groups in total. The molecule has 4 rings (SSSR count). The fourth-order valence-electron chi connectivity index (χ4n) is 4.30. The molecule has 0 saturated heterocycles. The number of carbonyl (C=O) groups is 1. The Hall–Kier alpha value is -4.32. The van der Waals surface area contributed by atoms with E-state index in [-0.39, 0.29) is 11.5 Å². The number of rotatable bonds is 7. The molecule has 1 aromatic heterocycles. The van der Waals surface area contributed by atoms with Crippen molar-refractivity contribution in [2.24, 2.45) is 5.16 Å². The summed E-state index contributed by atoms with van der Waals surface area (Å²) >= 11 is 0. The van der Waals surface area contributed by atoms with Gasteiger partial charge in [0.05, 0.1) is 11.3 Å². The van der Waals surface area contributed by atoms with E-state index >= 15 is 0 Å². The minimum absolute atomic E-state index is 0.0873. The molecule has 4 aromatic rings. The average Bonchev–Trinajstić information content (AvgIpc) is 2.85. The third-order valence-electron chi connectivity index (χ3n) is 6.16. The predicted octanol–water partition coefficient (Wildman–Crippen LogP) is 6.60. The van der Waals surface area contributed by atoms with Crippen LogP contribution in [0.5, 0.6) is 0 Å². The summed E-state index contributed by atoms with van der Waals surface area (Å²) in [6.07, 6.45) is 2.16. The first-order valence-electron chi connectivity index (χ1n) is 11.2. The largest absolute Gasteiger partial charge is 0.478 e. The van der Waals surface area contributed by atoms with Gasteiger partial charge in [-0.2, -0.15) is 0 Å². The molecule has 176 valence electrons. The number of aromatic nitrogens is 1. The van der Waals surface area contributed by atoms with Gasteiger partial charge in [-0.05, 0) is 65.9 Å². The molecule has 0 radical (unpaired) electrons. The highest BCUT2D eigenvalue weighted by Crippen LogP contribution is 2.33. The van der Waals surface area contributed by atoms with Crippen LogP contribution in [-0.2, 0) is 0 Å². The van der Waals surface area contributed by atoms with E-state index < -0.39 is 11.8 Å². The average molecular weight is 469 g/mol. The molecule has 0 saturated carbocycles. The lowest BCUT2D eigenvalue weighted by Gasteiger charge is -2.21. The Kier molecular flexibility index (Phi) is 7.01. The monoisotopic (exact) mass is 468 g/mol. The second-order valence-electron chi connectivity index (χ2n) is 8.47. The number of halogens is 1. The SMILES string of the molecule is Cc1cc(/C(CC(c2ccc(-c3ccc(C(=O)O)c(F)c3)cc2)c2ccccc2C)=N/O)ccn1. The highest BCUT2D eigenvalue weighted by Gasteiger charge is 2.21. The van der Waals surface area contributed by atoms with E-state index in [2.05, 4.69) is 29.2 Å². The number of nitrogens with zero attached hydrogens (tertiary/aromatic N) is 2. The number of aromatic carboxylic acids is 1. The van der Waals surface area contributed by atoms with Crippen LogP contribution in [0.25, 0.3) is 11.1 Å². The number of aryl methyl sites for hydroxylation is 2. The number of pyridine rings is 1. The summed E-state index contributed by atoms with van der Waals surface area (Å²) in [7, 11) is 0. The van der Waals surface area contributed by atoms with E-state index in [0.717, 1.165) is 33.5 Å². The predicted molar refractivity (Wildman–Crippen MR) is 134 cm³/mol. The Bertz CT molecular complexity index is 1400. The molecule has 0 aliphatic carbocycles. The molecule has 3 aromatic carbocycles. The molecule has 0 aliphatic rings. The first-order chi connectivity index (χ1) is 16.9. The molecule has 0 aliphatic heterocycles. The fraction of sp³-hybridized carbons (Fsp3) is 0.138. The normalized spacial score (nSPS) is 12.4. The van der Waals surface area contributed by atoms with Gasteiger partial charge in [0.15, 0.2) is 0 Å². The summed E-state index contributed by atoms with van der Waals surface area (Å²) in [5, 5.41) is 22.5. The van der Waals surface area contributed by atoms with Crippen LogP contribution in [0.1, 0.15) is 50.6 Å². The van der Waals surface area contributed by atoms with E-state index in [1.807, 2.05) is 55.5 Å². The minimum atomic E-state index is -1.30. The summed E-state index contributed by atoms with van der Waals surface area (Å²) in [5.74, 6) is -2.15. The number of carboxylic acids is 1. The molecule has 35 heavy (non-hydrogen) atoms. The molecular weight excluding hydrogens is 443 g/mol. The number of hydrogen-bond donors (Lipinski definition) is 2. The maximum Gasteiger partial charge on any atom is 0.338 e. The smallest absolute Gasteiger partial charge is 0.338 e. The van der Waals surface area contributed by atoms with Crippen LogP contribution in [0.4, 0.5) is 4.39 Å². The van der Waals surface area contributed by atoms with Gasteiger partial charge in [0.1, 0.15) is 5.82 Å². The molecule has 0 bridgehead atoms. The summed E-state index contributed by atoms with van der Waals surface area (Å²) < 4.78 is 14.2. The number of hydrogen-bond acceptors (Lipinski definition) is 4. The third kappa shape index (κ3) is 5.27. The van der Waals surface area contributed by atoms with Crippen molar-refractivity contribution in [1.29, 1.82) is 0 Å². The van der Waals surface area contributed by atoms with Crippen molar-refractivity contribution < 1.29 is 19.5 Å². The van der Waals surface area contributed by atoms with Crippen LogP contribution in [0.15, 0.2) is 90.2 Å². The van der Waals surface area contributed by atoms with Crippen molar-refractivity contribution in [2.45, 2.75) is 26.2 Å². The zero-order valence-corrected chi connectivity index (χ0v) is 19.4. The Labute approximate surface area is 203 Å². The Balaban J connectivity index is 1.71. The number of carboxylic acid groups (broad SMARTS) is 1. The van der Waals surface area contributed by atoms with Gasteiger partial charge in [0.2, 0.25) is 0 Å². The van der Waals surface area contributed by atoms with E-state index in [0.29, 0.717) is 17.7 Å². The summed E-state index contributed by atoms with van der Waals surface area (Å²) in [6, 6.07) is 23.7. The van der Waals surface area contributed by atoms with E-state index in [9.17, 15) is 14.4 Å². The number of oxime groups is 1. The van der Waals surface area contributed by atoms with Crippen molar-refractivity contribution in [1.82, 2.24) is 4.98 Å². The highest BCUT2D eigenvalue weighted by molar-refractivity contribution is 6.01. The van der Waals surface area contributed by atoms with Crippen LogP contribution >= 0.6 is 0 Å². The van der Waals surface area contributed by atoms with Crippen molar-refractivity contribution in [3.63, 3.8) is 0 Å². The van der Waals surface area contributed by atoms with E-state index in [1.165, 1.54) is 12.1 Å². The quantitative estimate of drug-likeness (QED) is 0.182. The van der Waals surface area contributed by atoms with Crippen LogP contribution in [0.3, 0.4) is 0 Å². The molecule has 6 heteroatoms. The van der Waals surface area contributed by atoms with Gasteiger partial charge in [-0.3, -0.25) is 4.98 Å². The van der Waals surface area contributed by atoms with E-state index in [1.54, 1.807) is 12.3 Å². The lowest BCUT2D eigenvalue weighted by atomic mass is 9.83. The standard InChI is InChI=1S/C29H25FN2O3/c1-18-5-3-4-6-24(18)26(17-28(32-35)23-13-14-31-19(2)15-23)21-9-7-20(8-10-21)22-11-12-25(29(33)34)27(30)16-22/h3-16,26,35H,17H2,1-2H3,(H,33,34)/b32-28+. The van der Waals surface area contributed by atoms with Gasteiger partial charge in [-0.15, -0.1) is 0 Å². The first-order valence-corrected chi connectivity index (χ1v) is 11.2. The molecule has 0 fully saturated rings. The molecule has 0 spiro atoms. The van der Waals surface area contributed by atoms with Gasteiger partial charge in [0.25, 0.3) is 0 Å². The summed E-state index contributed by atoms with van der Waals surface area (Å²) in [5.41, 5.74) is 6.46. The Morgan fingerprint density at radius 3 is 2.31 bits per heavy atom.